The molecule has 0 bridgehead atoms. The third-order valence-electron chi connectivity index (χ3n) is 0.974. The molecule has 0 radical (unpaired) electrons. The highest BCUT2D eigenvalue weighted by Gasteiger charge is 2.03. The van der Waals surface area contributed by atoms with Crippen LogP contribution in [0.15, 0.2) is 16.6 Å². The van der Waals surface area contributed by atoms with Crippen LogP contribution >= 0.6 is 38.5 Å². The SMILES string of the molecule is Oc1cc(F)cc(I)c1Br. The number of benzene rings is 1. The van der Waals surface area contributed by atoms with E-state index in [2.05, 4.69) is 15.9 Å². The average molecular weight is 317 g/mol. The summed E-state index contributed by atoms with van der Waals surface area (Å²) in [7, 11) is 0. The van der Waals surface area contributed by atoms with E-state index in [1.54, 1.807) is 0 Å². The summed E-state index contributed by atoms with van der Waals surface area (Å²) in [5, 5.41) is 8.99. The van der Waals surface area contributed by atoms with Gasteiger partial charge in [-0.25, -0.2) is 4.39 Å². The lowest BCUT2D eigenvalue weighted by molar-refractivity contribution is 0.465. The minimum atomic E-state index is -0.426. The van der Waals surface area contributed by atoms with Gasteiger partial charge in [-0.2, -0.15) is 0 Å². The summed E-state index contributed by atoms with van der Waals surface area (Å²) in [6.07, 6.45) is 0. The highest BCUT2D eigenvalue weighted by molar-refractivity contribution is 14.1. The van der Waals surface area contributed by atoms with Gasteiger partial charge in [-0.05, 0) is 44.6 Å². The third kappa shape index (κ3) is 1.60. The molecular weight excluding hydrogens is 314 g/mol. The topological polar surface area (TPSA) is 20.2 Å². The van der Waals surface area contributed by atoms with Crippen LogP contribution in [0, 0.1) is 9.39 Å². The highest BCUT2D eigenvalue weighted by Crippen LogP contribution is 2.29. The molecule has 0 amide bonds. The summed E-state index contributed by atoms with van der Waals surface area (Å²) in [6, 6.07) is 2.40. The maximum atomic E-state index is 12.4. The van der Waals surface area contributed by atoms with Crippen LogP contribution in [0.2, 0.25) is 0 Å². The van der Waals surface area contributed by atoms with Gasteiger partial charge in [-0.15, -0.1) is 0 Å². The zero-order valence-electron chi connectivity index (χ0n) is 4.74. The maximum absolute atomic E-state index is 12.4. The number of phenols is 1. The van der Waals surface area contributed by atoms with Crippen molar-refractivity contribution < 1.29 is 9.50 Å². The summed E-state index contributed by atoms with van der Waals surface area (Å²) in [5.74, 6) is -0.491. The lowest BCUT2D eigenvalue weighted by Crippen LogP contribution is -1.79. The molecule has 0 unspecified atom stereocenters. The summed E-state index contributed by atoms with van der Waals surface area (Å²) < 4.78 is 13.6. The van der Waals surface area contributed by atoms with E-state index in [1.807, 2.05) is 22.6 Å². The number of phenolic OH excluding ortho intramolecular Hbond substituents is 1. The van der Waals surface area contributed by atoms with Crippen molar-refractivity contribution in [2.45, 2.75) is 0 Å². The van der Waals surface area contributed by atoms with Crippen molar-refractivity contribution in [1.29, 1.82) is 0 Å². The molecule has 0 atom stereocenters. The van der Waals surface area contributed by atoms with Gasteiger partial charge in [-0.3, -0.25) is 0 Å². The van der Waals surface area contributed by atoms with Gasteiger partial charge in [0.15, 0.2) is 0 Å². The molecule has 0 spiro atoms. The van der Waals surface area contributed by atoms with E-state index in [-0.39, 0.29) is 5.75 Å². The van der Waals surface area contributed by atoms with Gasteiger partial charge < -0.3 is 5.11 Å². The van der Waals surface area contributed by atoms with E-state index in [9.17, 15) is 4.39 Å². The summed E-state index contributed by atoms with van der Waals surface area (Å²) in [5.41, 5.74) is 0. The third-order valence-corrected chi connectivity index (χ3v) is 3.40. The first-order valence-electron chi connectivity index (χ1n) is 2.45. The number of halogens is 3. The van der Waals surface area contributed by atoms with Crippen LogP contribution in [0.5, 0.6) is 5.75 Å². The zero-order valence-corrected chi connectivity index (χ0v) is 8.48. The Hall–Kier alpha value is 0.160. The number of aromatic hydroxyl groups is 1. The van der Waals surface area contributed by atoms with Gasteiger partial charge in [0.2, 0.25) is 0 Å². The van der Waals surface area contributed by atoms with Crippen molar-refractivity contribution in [3.63, 3.8) is 0 Å². The number of hydrogen-bond acceptors (Lipinski definition) is 1. The van der Waals surface area contributed by atoms with Gasteiger partial charge in [0.25, 0.3) is 0 Å². The molecule has 1 aromatic rings. The molecule has 54 valence electrons. The summed E-state index contributed by atoms with van der Waals surface area (Å²) in [4.78, 5) is 0. The van der Waals surface area contributed by atoms with Gasteiger partial charge in [-0.1, -0.05) is 0 Å². The van der Waals surface area contributed by atoms with Crippen molar-refractivity contribution in [1.82, 2.24) is 0 Å². The Morgan fingerprint density at radius 3 is 2.60 bits per heavy atom. The molecule has 0 saturated carbocycles. The fourth-order valence-electron chi connectivity index (χ4n) is 0.542. The van der Waals surface area contributed by atoms with Crippen molar-refractivity contribution in [3.8, 4) is 5.75 Å². The van der Waals surface area contributed by atoms with Gasteiger partial charge in [0, 0.05) is 9.64 Å². The molecule has 10 heavy (non-hydrogen) atoms. The Morgan fingerprint density at radius 2 is 2.10 bits per heavy atom. The molecule has 0 fully saturated rings. The second kappa shape index (κ2) is 3.04. The van der Waals surface area contributed by atoms with Crippen LogP contribution in [0.4, 0.5) is 4.39 Å². The number of hydrogen-bond donors (Lipinski definition) is 1. The van der Waals surface area contributed by atoms with E-state index in [0.717, 1.165) is 6.07 Å². The first-order chi connectivity index (χ1) is 4.61. The van der Waals surface area contributed by atoms with Gasteiger partial charge in [0.05, 0.1) is 4.47 Å². The molecule has 0 aromatic heterocycles. The number of rotatable bonds is 0. The molecular formula is C6H3BrFIO. The zero-order chi connectivity index (χ0) is 7.72. The first kappa shape index (κ1) is 8.26. The molecule has 1 aromatic carbocycles. The second-order valence-corrected chi connectivity index (χ2v) is 3.68. The molecule has 0 aliphatic carbocycles. The fraction of sp³-hybridized carbons (Fsp3) is 0. The van der Waals surface area contributed by atoms with Crippen LogP contribution < -0.4 is 0 Å². The van der Waals surface area contributed by atoms with Crippen molar-refractivity contribution in [2.75, 3.05) is 0 Å². The minimum absolute atomic E-state index is 0.0654. The lowest BCUT2D eigenvalue weighted by atomic mass is 10.3. The second-order valence-electron chi connectivity index (χ2n) is 1.72. The largest absolute Gasteiger partial charge is 0.507 e. The molecule has 1 rings (SSSR count). The molecule has 1 N–H and O–H groups in total. The minimum Gasteiger partial charge on any atom is -0.507 e. The van der Waals surface area contributed by atoms with Crippen LogP contribution in [0.1, 0.15) is 0 Å². The lowest BCUT2D eigenvalue weighted by Gasteiger charge is -1.98. The smallest absolute Gasteiger partial charge is 0.133 e. The van der Waals surface area contributed by atoms with Crippen LogP contribution in [-0.4, -0.2) is 5.11 Å². The predicted molar refractivity (Wildman–Crippen MR) is 48.5 cm³/mol. The highest BCUT2D eigenvalue weighted by atomic mass is 127. The molecule has 4 heteroatoms. The average Bonchev–Trinajstić information content (AvgIpc) is 1.82. The Bertz CT molecular complexity index is 241. The predicted octanol–water partition coefficient (Wildman–Crippen LogP) is 2.90. The van der Waals surface area contributed by atoms with Crippen LogP contribution in [0.25, 0.3) is 0 Å². The standard InChI is InChI=1S/C6H3BrFIO/c7-6-4(9)1-3(8)2-5(6)10/h1-2,10H. The Labute approximate surface area is 79.5 Å². The Balaban J connectivity index is 3.31. The molecule has 0 saturated heterocycles. The van der Waals surface area contributed by atoms with Crippen LogP contribution in [-0.2, 0) is 0 Å². The van der Waals surface area contributed by atoms with Crippen molar-refractivity contribution in [2.24, 2.45) is 0 Å². The molecule has 0 aliphatic heterocycles. The van der Waals surface area contributed by atoms with Gasteiger partial charge in [0.1, 0.15) is 11.6 Å². The van der Waals surface area contributed by atoms with Crippen LogP contribution in [0.3, 0.4) is 0 Å². The fourth-order valence-corrected chi connectivity index (χ4v) is 1.35. The molecule has 0 heterocycles. The normalized spacial score (nSPS) is 9.90. The van der Waals surface area contributed by atoms with Crippen molar-refractivity contribution in [3.05, 3.63) is 26.0 Å². The Kier molecular flexibility index (Phi) is 2.51. The van der Waals surface area contributed by atoms with E-state index < -0.39 is 5.82 Å². The quantitative estimate of drug-likeness (QED) is 0.576. The van der Waals surface area contributed by atoms with E-state index in [0.29, 0.717) is 8.04 Å². The monoisotopic (exact) mass is 316 g/mol. The molecule has 1 nitrogen and oxygen atoms in total. The van der Waals surface area contributed by atoms with E-state index in [1.165, 1.54) is 6.07 Å². The van der Waals surface area contributed by atoms with E-state index >= 15 is 0 Å². The van der Waals surface area contributed by atoms with E-state index in [4.69, 9.17) is 5.11 Å². The molecule has 0 aliphatic rings. The van der Waals surface area contributed by atoms with Gasteiger partial charge >= 0.3 is 0 Å². The van der Waals surface area contributed by atoms with Crippen molar-refractivity contribution >= 4 is 38.5 Å². The maximum Gasteiger partial charge on any atom is 0.133 e. The first-order valence-corrected chi connectivity index (χ1v) is 4.32. The summed E-state index contributed by atoms with van der Waals surface area (Å²) >= 11 is 5.02. The Morgan fingerprint density at radius 1 is 1.50 bits per heavy atom. The summed E-state index contributed by atoms with van der Waals surface area (Å²) in [6.45, 7) is 0.